The minimum absolute atomic E-state index is 0.0456. The highest BCUT2D eigenvalue weighted by Crippen LogP contribution is 2.34. The minimum Gasteiger partial charge on any atom is -0.486 e. The molecule has 3 rings (SSSR count). The molecule has 0 N–H and O–H groups in total. The van der Waals surface area contributed by atoms with Crippen molar-refractivity contribution < 1.29 is 14.3 Å². The van der Waals surface area contributed by atoms with Gasteiger partial charge in [0.1, 0.15) is 13.2 Å². The molecule has 0 spiro atoms. The summed E-state index contributed by atoms with van der Waals surface area (Å²) in [6, 6.07) is 10.5. The lowest BCUT2D eigenvalue weighted by Gasteiger charge is -2.20. The zero-order valence-corrected chi connectivity index (χ0v) is 12.6. The Morgan fingerprint density at radius 3 is 2.67 bits per heavy atom. The van der Waals surface area contributed by atoms with E-state index in [1.807, 2.05) is 0 Å². The quantitative estimate of drug-likeness (QED) is 0.795. The monoisotopic (exact) mass is 322 g/mol. The minimum atomic E-state index is -0.0456. The Morgan fingerprint density at radius 1 is 1.05 bits per heavy atom. The van der Waals surface area contributed by atoms with E-state index in [1.54, 1.807) is 36.4 Å². The molecule has 1 aliphatic rings. The van der Waals surface area contributed by atoms with E-state index in [0.29, 0.717) is 40.3 Å². The third kappa shape index (κ3) is 2.99. The number of para-hydroxylation sites is 1. The number of hydrogen-bond acceptors (Lipinski definition) is 3. The second-order valence-corrected chi connectivity index (χ2v) is 5.49. The number of halogens is 2. The van der Waals surface area contributed by atoms with Gasteiger partial charge in [-0.1, -0.05) is 35.3 Å². The predicted molar refractivity (Wildman–Crippen MR) is 81.9 cm³/mol. The summed E-state index contributed by atoms with van der Waals surface area (Å²) in [5.41, 5.74) is 1.34. The molecule has 0 unspecified atom stereocenters. The van der Waals surface area contributed by atoms with Gasteiger partial charge < -0.3 is 9.47 Å². The van der Waals surface area contributed by atoms with Gasteiger partial charge in [0.05, 0.1) is 15.6 Å². The third-order valence-corrected chi connectivity index (χ3v) is 3.95. The summed E-state index contributed by atoms with van der Waals surface area (Å²) < 4.78 is 11.0. The lowest BCUT2D eigenvalue weighted by molar-refractivity contribution is 0.0982. The van der Waals surface area contributed by atoms with E-state index >= 15 is 0 Å². The summed E-state index contributed by atoms with van der Waals surface area (Å²) in [5.74, 6) is 1.09. The first-order valence-electron chi connectivity index (χ1n) is 6.51. The van der Waals surface area contributed by atoms with Crippen LogP contribution in [-0.2, 0) is 6.42 Å². The molecule has 0 aromatic heterocycles. The number of fused-ring (bicyclic) bond motifs is 1. The first-order chi connectivity index (χ1) is 10.1. The zero-order chi connectivity index (χ0) is 14.8. The number of Topliss-reactive ketones (excluding diaryl/α,β-unsaturated/α-hetero) is 1. The van der Waals surface area contributed by atoms with Gasteiger partial charge in [0, 0.05) is 6.42 Å². The Morgan fingerprint density at radius 2 is 1.86 bits per heavy atom. The highest BCUT2D eigenvalue weighted by Gasteiger charge is 2.20. The molecule has 0 amide bonds. The molecule has 0 fully saturated rings. The number of ether oxygens (including phenoxy) is 2. The lowest BCUT2D eigenvalue weighted by atomic mass is 10.0. The highest BCUT2D eigenvalue weighted by atomic mass is 35.5. The van der Waals surface area contributed by atoms with Crippen LogP contribution in [0.3, 0.4) is 0 Å². The van der Waals surface area contributed by atoms with Crippen molar-refractivity contribution in [2.75, 3.05) is 13.2 Å². The molecule has 1 aliphatic heterocycles. The summed E-state index contributed by atoms with van der Waals surface area (Å²) in [7, 11) is 0. The summed E-state index contributed by atoms with van der Waals surface area (Å²) in [4.78, 5) is 12.5. The number of ketones is 1. The molecule has 5 heteroatoms. The molecule has 0 saturated heterocycles. The molecule has 21 heavy (non-hydrogen) atoms. The first-order valence-corrected chi connectivity index (χ1v) is 7.26. The first kappa shape index (κ1) is 14.2. The van der Waals surface area contributed by atoms with E-state index in [1.165, 1.54) is 0 Å². The fourth-order valence-corrected chi connectivity index (χ4v) is 2.54. The van der Waals surface area contributed by atoms with Gasteiger partial charge in [0.15, 0.2) is 17.3 Å². The number of carbonyl (C=O) groups excluding carboxylic acids is 1. The number of benzene rings is 2. The zero-order valence-electron chi connectivity index (χ0n) is 11.1. The van der Waals surface area contributed by atoms with Crippen LogP contribution in [0.25, 0.3) is 0 Å². The molecule has 2 aromatic rings. The van der Waals surface area contributed by atoms with E-state index in [-0.39, 0.29) is 12.2 Å². The topological polar surface area (TPSA) is 35.5 Å². The standard InChI is InChI=1S/C16H12Cl2O3/c17-12-5-4-10(8-13(12)18)9-14(19)11-2-1-3-15-16(11)21-7-6-20-15/h1-5,8H,6-7,9H2. The molecule has 108 valence electrons. The van der Waals surface area contributed by atoms with Gasteiger partial charge in [-0.05, 0) is 29.8 Å². The van der Waals surface area contributed by atoms with Gasteiger partial charge in [0.2, 0.25) is 0 Å². The van der Waals surface area contributed by atoms with Crippen molar-refractivity contribution in [3.8, 4) is 11.5 Å². The van der Waals surface area contributed by atoms with Crippen LogP contribution in [0.4, 0.5) is 0 Å². The molecule has 0 radical (unpaired) electrons. The van der Waals surface area contributed by atoms with Crippen LogP contribution in [-0.4, -0.2) is 19.0 Å². The Labute approximate surface area is 132 Å². The van der Waals surface area contributed by atoms with Crippen LogP contribution in [0.2, 0.25) is 10.0 Å². The SMILES string of the molecule is O=C(Cc1ccc(Cl)c(Cl)c1)c1cccc2c1OCCO2. The number of rotatable bonds is 3. The van der Waals surface area contributed by atoms with Gasteiger partial charge in [-0.3, -0.25) is 4.79 Å². The van der Waals surface area contributed by atoms with Crippen LogP contribution >= 0.6 is 23.2 Å². The fraction of sp³-hybridized carbons (Fsp3) is 0.188. The van der Waals surface area contributed by atoms with Crippen molar-refractivity contribution in [3.63, 3.8) is 0 Å². The number of hydrogen-bond donors (Lipinski definition) is 0. The molecule has 0 bridgehead atoms. The van der Waals surface area contributed by atoms with Crippen molar-refractivity contribution in [1.29, 1.82) is 0 Å². The second-order valence-electron chi connectivity index (χ2n) is 4.68. The molecule has 0 atom stereocenters. The van der Waals surface area contributed by atoms with Gasteiger partial charge in [-0.25, -0.2) is 0 Å². The van der Waals surface area contributed by atoms with Crippen molar-refractivity contribution in [3.05, 3.63) is 57.6 Å². The van der Waals surface area contributed by atoms with Crippen LogP contribution in [0.1, 0.15) is 15.9 Å². The molecule has 0 aliphatic carbocycles. The molecular formula is C16H12Cl2O3. The van der Waals surface area contributed by atoms with Gasteiger partial charge in [-0.15, -0.1) is 0 Å². The maximum Gasteiger partial charge on any atom is 0.172 e. The maximum absolute atomic E-state index is 12.5. The Kier molecular flexibility index (Phi) is 4.04. The lowest BCUT2D eigenvalue weighted by Crippen LogP contribution is -2.18. The molecule has 0 saturated carbocycles. The van der Waals surface area contributed by atoms with Gasteiger partial charge in [-0.2, -0.15) is 0 Å². The van der Waals surface area contributed by atoms with Crippen LogP contribution in [0.15, 0.2) is 36.4 Å². The van der Waals surface area contributed by atoms with Crippen molar-refractivity contribution >= 4 is 29.0 Å². The molecule has 1 heterocycles. The van der Waals surface area contributed by atoms with Crippen LogP contribution in [0, 0.1) is 0 Å². The van der Waals surface area contributed by atoms with Crippen molar-refractivity contribution in [2.24, 2.45) is 0 Å². The van der Waals surface area contributed by atoms with E-state index in [4.69, 9.17) is 32.7 Å². The number of carbonyl (C=O) groups is 1. The summed E-state index contributed by atoms with van der Waals surface area (Å²) >= 11 is 11.8. The summed E-state index contributed by atoms with van der Waals surface area (Å²) in [6.45, 7) is 0.946. The summed E-state index contributed by atoms with van der Waals surface area (Å²) in [6.07, 6.45) is 0.233. The van der Waals surface area contributed by atoms with Gasteiger partial charge in [0.25, 0.3) is 0 Å². The van der Waals surface area contributed by atoms with Crippen molar-refractivity contribution in [1.82, 2.24) is 0 Å². The molecular weight excluding hydrogens is 311 g/mol. The second kappa shape index (κ2) is 5.96. The van der Waals surface area contributed by atoms with Gasteiger partial charge >= 0.3 is 0 Å². The average Bonchev–Trinajstić information content (AvgIpc) is 2.50. The van der Waals surface area contributed by atoms with E-state index < -0.39 is 0 Å². The van der Waals surface area contributed by atoms with Crippen molar-refractivity contribution in [2.45, 2.75) is 6.42 Å². The van der Waals surface area contributed by atoms with Crippen LogP contribution in [0.5, 0.6) is 11.5 Å². The molecule has 2 aromatic carbocycles. The van der Waals surface area contributed by atoms with E-state index in [0.717, 1.165) is 5.56 Å². The summed E-state index contributed by atoms with van der Waals surface area (Å²) in [5, 5.41) is 0.915. The Balaban J connectivity index is 1.87. The maximum atomic E-state index is 12.5. The smallest absolute Gasteiger partial charge is 0.172 e. The third-order valence-electron chi connectivity index (χ3n) is 3.22. The van der Waals surface area contributed by atoms with Crippen LogP contribution < -0.4 is 9.47 Å². The molecule has 3 nitrogen and oxygen atoms in total. The normalized spacial score (nSPS) is 13.0. The Hall–Kier alpha value is -1.71. The van der Waals surface area contributed by atoms with E-state index in [2.05, 4.69) is 0 Å². The Bertz CT molecular complexity index is 698. The fourth-order valence-electron chi connectivity index (χ4n) is 2.22. The average molecular weight is 323 g/mol. The largest absolute Gasteiger partial charge is 0.486 e. The highest BCUT2D eigenvalue weighted by molar-refractivity contribution is 6.42. The van der Waals surface area contributed by atoms with E-state index in [9.17, 15) is 4.79 Å². The predicted octanol–water partition coefficient (Wildman–Crippen LogP) is 4.19.